The third-order valence-corrected chi connectivity index (χ3v) is 4.98. The van der Waals surface area contributed by atoms with E-state index >= 15 is 0 Å². The second-order valence-corrected chi connectivity index (χ2v) is 7.28. The number of carbonyl (C=O) groups excluding carboxylic acids is 2. The summed E-state index contributed by atoms with van der Waals surface area (Å²) in [5.41, 5.74) is 2.20. The number of ketones is 1. The molecular weight excluding hydrogens is 340 g/mol. The number of piperidine rings is 1. The molecule has 0 N–H and O–H groups in total. The topological polar surface area (TPSA) is 66.4 Å². The molecule has 0 saturated carbocycles. The first-order valence-electron chi connectivity index (χ1n) is 9.32. The van der Waals surface area contributed by atoms with Gasteiger partial charge in [0, 0.05) is 45.7 Å². The van der Waals surface area contributed by atoms with Crippen LogP contribution in [0, 0.1) is 12.8 Å². The lowest BCUT2D eigenvalue weighted by Crippen LogP contribution is -2.43. The van der Waals surface area contributed by atoms with Gasteiger partial charge in [0.25, 0.3) is 5.91 Å². The summed E-state index contributed by atoms with van der Waals surface area (Å²) in [4.78, 5) is 37.9. The summed E-state index contributed by atoms with van der Waals surface area (Å²) in [6.45, 7) is 2.96. The molecule has 1 atom stereocenters. The van der Waals surface area contributed by atoms with Crippen molar-refractivity contribution in [3.8, 4) is 0 Å². The van der Waals surface area contributed by atoms with Gasteiger partial charge in [-0.2, -0.15) is 0 Å². The maximum atomic E-state index is 12.9. The van der Waals surface area contributed by atoms with E-state index in [1.54, 1.807) is 16.0 Å². The van der Waals surface area contributed by atoms with Gasteiger partial charge in [0.15, 0.2) is 0 Å². The third kappa shape index (κ3) is 4.51. The number of nitrogens with zero attached hydrogens (tertiary/aromatic N) is 4. The van der Waals surface area contributed by atoms with E-state index in [-0.39, 0.29) is 17.6 Å². The highest BCUT2D eigenvalue weighted by atomic mass is 16.2. The SMILES string of the molecule is Cc1nc(N(C)C)ncc1C(=O)N1CCCC(C(=O)Cc2ccccc2)C1. The Kier molecular flexibility index (Phi) is 5.84. The molecule has 0 bridgehead atoms. The zero-order valence-corrected chi connectivity index (χ0v) is 16.2. The van der Waals surface area contributed by atoms with Crippen LogP contribution in [-0.2, 0) is 11.2 Å². The number of Topliss-reactive ketones (excluding diaryl/α,β-unsaturated/α-hetero) is 1. The number of benzene rings is 1. The van der Waals surface area contributed by atoms with Gasteiger partial charge in [-0.3, -0.25) is 9.59 Å². The quantitative estimate of drug-likeness (QED) is 0.813. The number of aryl methyl sites for hydroxylation is 1. The zero-order chi connectivity index (χ0) is 19.4. The molecule has 0 spiro atoms. The molecule has 1 aliphatic rings. The van der Waals surface area contributed by atoms with E-state index in [2.05, 4.69) is 9.97 Å². The second kappa shape index (κ2) is 8.29. The van der Waals surface area contributed by atoms with Crippen molar-refractivity contribution in [2.24, 2.45) is 5.92 Å². The van der Waals surface area contributed by atoms with Crippen molar-refractivity contribution >= 4 is 17.6 Å². The fourth-order valence-electron chi connectivity index (χ4n) is 3.42. The highest BCUT2D eigenvalue weighted by Gasteiger charge is 2.29. The van der Waals surface area contributed by atoms with Crippen LogP contribution in [0.25, 0.3) is 0 Å². The van der Waals surface area contributed by atoms with Gasteiger partial charge in [0.05, 0.1) is 11.3 Å². The van der Waals surface area contributed by atoms with Crippen LogP contribution in [0.3, 0.4) is 0 Å². The minimum absolute atomic E-state index is 0.0879. The van der Waals surface area contributed by atoms with Crippen LogP contribution < -0.4 is 4.90 Å². The second-order valence-electron chi connectivity index (χ2n) is 7.28. The van der Waals surface area contributed by atoms with Crippen molar-refractivity contribution in [3.63, 3.8) is 0 Å². The average molecular weight is 366 g/mol. The Morgan fingerprint density at radius 1 is 1.22 bits per heavy atom. The molecule has 1 amide bonds. The van der Waals surface area contributed by atoms with Crippen molar-refractivity contribution in [1.82, 2.24) is 14.9 Å². The van der Waals surface area contributed by atoms with E-state index < -0.39 is 0 Å². The molecule has 1 aliphatic heterocycles. The predicted molar refractivity (Wildman–Crippen MR) is 105 cm³/mol. The van der Waals surface area contributed by atoms with Gasteiger partial charge in [-0.25, -0.2) is 9.97 Å². The van der Waals surface area contributed by atoms with Crippen LogP contribution in [-0.4, -0.2) is 53.7 Å². The highest BCUT2D eigenvalue weighted by molar-refractivity contribution is 5.95. The molecule has 1 aromatic carbocycles. The summed E-state index contributed by atoms with van der Waals surface area (Å²) in [5.74, 6) is 0.591. The smallest absolute Gasteiger partial charge is 0.257 e. The van der Waals surface area contributed by atoms with Crippen molar-refractivity contribution < 1.29 is 9.59 Å². The van der Waals surface area contributed by atoms with Crippen LogP contribution in [0.15, 0.2) is 36.5 Å². The number of anilines is 1. The predicted octanol–water partition coefficient (Wildman–Crippen LogP) is 2.52. The van der Waals surface area contributed by atoms with Crippen molar-refractivity contribution in [1.29, 1.82) is 0 Å². The summed E-state index contributed by atoms with van der Waals surface area (Å²) in [6, 6.07) is 9.77. The molecule has 6 nitrogen and oxygen atoms in total. The summed E-state index contributed by atoms with van der Waals surface area (Å²) in [5, 5.41) is 0. The first-order chi connectivity index (χ1) is 13.0. The molecule has 1 fully saturated rings. The lowest BCUT2D eigenvalue weighted by atomic mass is 9.90. The monoisotopic (exact) mass is 366 g/mol. The van der Waals surface area contributed by atoms with Crippen molar-refractivity contribution in [2.75, 3.05) is 32.1 Å². The fourth-order valence-corrected chi connectivity index (χ4v) is 3.42. The summed E-state index contributed by atoms with van der Waals surface area (Å²) in [7, 11) is 3.73. The fraction of sp³-hybridized carbons (Fsp3) is 0.429. The Balaban J connectivity index is 1.68. The van der Waals surface area contributed by atoms with Gasteiger partial charge in [-0.15, -0.1) is 0 Å². The van der Waals surface area contributed by atoms with Crippen LogP contribution in [0.5, 0.6) is 0 Å². The normalized spacial score (nSPS) is 16.9. The summed E-state index contributed by atoms with van der Waals surface area (Å²) < 4.78 is 0. The molecule has 6 heteroatoms. The van der Waals surface area contributed by atoms with E-state index in [0.29, 0.717) is 36.7 Å². The number of hydrogen-bond donors (Lipinski definition) is 0. The van der Waals surface area contributed by atoms with Crippen LogP contribution in [0.4, 0.5) is 5.95 Å². The van der Waals surface area contributed by atoms with Crippen molar-refractivity contribution in [3.05, 3.63) is 53.3 Å². The van der Waals surface area contributed by atoms with E-state index in [0.717, 1.165) is 18.4 Å². The van der Waals surface area contributed by atoms with Crippen LogP contribution >= 0.6 is 0 Å². The Morgan fingerprint density at radius 3 is 2.63 bits per heavy atom. The van der Waals surface area contributed by atoms with E-state index in [4.69, 9.17) is 0 Å². The molecule has 142 valence electrons. The summed E-state index contributed by atoms with van der Waals surface area (Å²) in [6.07, 6.45) is 3.69. The van der Waals surface area contributed by atoms with E-state index in [9.17, 15) is 9.59 Å². The number of likely N-dealkylation sites (tertiary alicyclic amines) is 1. The maximum Gasteiger partial charge on any atom is 0.257 e. The molecule has 0 aliphatic carbocycles. The van der Waals surface area contributed by atoms with Gasteiger partial charge in [-0.1, -0.05) is 30.3 Å². The number of rotatable bonds is 5. The first kappa shape index (κ1) is 19.0. The summed E-state index contributed by atoms with van der Waals surface area (Å²) >= 11 is 0. The van der Waals surface area contributed by atoms with E-state index in [1.165, 1.54) is 0 Å². The van der Waals surface area contributed by atoms with Crippen molar-refractivity contribution in [2.45, 2.75) is 26.2 Å². The number of amides is 1. The maximum absolute atomic E-state index is 12.9. The van der Waals surface area contributed by atoms with Gasteiger partial charge in [0.2, 0.25) is 5.95 Å². The molecule has 1 saturated heterocycles. The van der Waals surface area contributed by atoms with E-state index in [1.807, 2.05) is 51.4 Å². The third-order valence-electron chi connectivity index (χ3n) is 4.98. The molecule has 2 aromatic rings. The van der Waals surface area contributed by atoms with Gasteiger partial charge in [-0.05, 0) is 25.3 Å². The van der Waals surface area contributed by atoms with Gasteiger partial charge in [0.1, 0.15) is 5.78 Å². The lowest BCUT2D eigenvalue weighted by Gasteiger charge is -2.32. The standard InChI is InChI=1S/C21H26N4O2/c1-15-18(13-22-21(23-15)24(2)3)20(27)25-11-7-10-17(14-25)19(26)12-16-8-5-4-6-9-16/h4-6,8-9,13,17H,7,10-12,14H2,1-3H3. The van der Waals surface area contributed by atoms with Gasteiger partial charge >= 0.3 is 0 Å². The molecule has 27 heavy (non-hydrogen) atoms. The minimum atomic E-state index is -0.106. The number of aromatic nitrogens is 2. The van der Waals surface area contributed by atoms with Crippen LogP contribution in [0.1, 0.15) is 34.5 Å². The molecule has 2 heterocycles. The largest absolute Gasteiger partial charge is 0.347 e. The first-order valence-corrected chi connectivity index (χ1v) is 9.32. The number of hydrogen-bond acceptors (Lipinski definition) is 5. The minimum Gasteiger partial charge on any atom is -0.347 e. The van der Waals surface area contributed by atoms with Gasteiger partial charge < -0.3 is 9.80 Å². The Bertz CT molecular complexity index is 820. The zero-order valence-electron chi connectivity index (χ0n) is 16.2. The molecule has 1 unspecified atom stereocenters. The average Bonchev–Trinajstić information content (AvgIpc) is 2.68. The Labute approximate surface area is 160 Å². The highest BCUT2D eigenvalue weighted by Crippen LogP contribution is 2.22. The lowest BCUT2D eigenvalue weighted by molar-refractivity contribution is -0.123. The van der Waals surface area contributed by atoms with Crippen LogP contribution in [0.2, 0.25) is 0 Å². The molecule has 1 aromatic heterocycles. The molecule has 0 radical (unpaired) electrons. The molecule has 3 rings (SSSR count). The number of carbonyl (C=O) groups is 2. The molecular formula is C21H26N4O2. The Hall–Kier alpha value is -2.76. The Morgan fingerprint density at radius 2 is 1.96 bits per heavy atom.